The van der Waals surface area contributed by atoms with Gasteiger partial charge < -0.3 is 0 Å². The van der Waals surface area contributed by atoms with E-state index in [-0.39, 0.29) is 0 Å². The first-order chi connectivity index (χ1) is 6.10. The van der Waals surface area contributed by atoms with Gasteiger partial charge in [0.05, 0.1) is 0 Å². The maximum absolute atomic E-state index is 8.48. The molecule has 3 heteroatoms. The molecule has 0 fully saturated rings. The van der Waals surface area contributed by atoms with Crippen LogP contribution in [0.2, 0.25) is 0 Å². The first kappa shape index (κ1) is 13.3. The second-order valence-electron chi connectivity index (χ2n) is 3.73. The molecule has 0 bridgehead atoms. The first-order valence-electron chi connectivity index (χ1n) is 5.11. The summed E-state index contributed by atoms with van der Waals surface area (Å²) in [7, 11) is 0. The molecule has 0 aliphatic carbocycles. The maximum atomic E-state index is 8.48. The molecule has 0 N–H and O–H groups in total. The number of nitriles is 1. The zero-order valence-corrected chi connectivity index (χ0v) is 11.1. The van der Waals surface area contributed by atoms with Gasteiger partial charge in [-0.1, -0.05) is 0 Å². The molecule has 0 heterocycles. The summed E-state index contributed by atoms with van der Waals surface area (Å²) in [6.07, 6.45) is 3.33. The third-order valence-electron chi connectivity index (χ3n) is 3.00. The Labute approximate surface area is 87.4 Å². The van der Waals surface area contributed by atoms with E-state index >= 15 is 0 Å². The second-order valence-corrected chi connectivity index (χ2v) is 12.4. The summed E-state index contributed by atoms with van der Waals surface area (Å²) in [4.78, 5) is 0. The Bertz CT molecular complexity index is 178. The van der Waals surface area contributed by atoms with Crippen LogP contribution in [0.15, 0.2) is 0 Å². The Morgan fingerprint density at radius 2 is 2.08 bits per heavy atom. The molecule has 0 aliphatic rings. The Morgan fingerprint density at radius 1 is 1.46 bits per heavy atom. The van der Waals surface area contributed by atoms with Crippen molar-refractivity contribution in [3.8, 4) is 6.07 Å². The van der Waals surface area contributed by atoms with Crippen molar-refractivity contribution >= 4 is 17.8 Å². The summed E-state index contributed by atoms with van der Waals surface area (Å²) >= 11 is 2.10. The summed E-state index contributed by atoms with van der Waals surface area (Å²) in [6, 6.07) is 2.22. The fourth-order valence-electron chi connectivity index (χ4n) is 1.35. The fraction of sp³-hybridized carbons (Fsp3) is 0.900. The van der Waals surface area contributed by atoms with Crippen molar-refractivity contribution in [2.75, 3.05) is 18.6 Å². The third-order valence-corrected chi connectivity index (χ3v) is 12.6. The van der Waals surface area contributed by atoms with Crippen molar-refractivity contribution in [3.63, 3.8) is 0 Å². The zero-order chi connectivity index (χ0) is 10.3. The van der Waals surface area contributed by atoms with Crippen molar-refractivity contribution in [3.05, 3.63) is 0 Å². The van der Waals surface area contributed by atoms with Crippen LogP contribution in [0.4, 0.5) is 0 Å². The summed E-state index contributed by atoms with van der Waals surface area (Å²) in [6.45, 7) is 8.31. The summed E-state index contributed by atoms with van der Waals surface area (Å²) in [5.74, 6) is 1.04. The van der Waals surface area contributed by atoms with Crippen molar-refractivity contribution < 1.29 is 0 Å². The Morgan fingerprint density at radius 3 is 2.46 bits per heavy atom. The molecule has 0 amide bonds. The summed E-state index contributed by atoms with van der Waals surface area (Å²) in [5.41, 5.74) is 0.876. The van der Waals surface area contributed by atoms with Crippen LogP contribution < -0.4 is 0 Å². The van der Waals surface area contributed by atoms with Gasteiger partial charge in [-0.25, -0.2) is 0 Å². The van der Waals surface area contributed by atoms with Gasteiger partial charge in [0.1, 0.15) is 0 Å². The van der Waals surface area contributed by atoms with Crippen LogP contribution in [-0.2, 0) is 0 Å². The quantitative estimate of drug-likeness (QED) is 0.502. The molecule has 1 unspecified atom stereocenters. The van der Waals surface area contributed by atoms with E-state index in [1.165, 1.54) is 12.6 Å². The number of nitrogens with zero attached hydrogens (tertiary/aromatic N) is 1. The predicted molar refractivity (Wildman–Crippen MR) is 67.2 cm³/mol. The molecule has 0 spiro atoms. The number of hydrogen-bond donors (Lipinski definition) is 0. The SMILES string of the molecule is CCC(C)[PH](C)(CC)SCCC#N. The molecule has 1 atom stereocenters. The van der Waals surface area contributed by atoms with E-state index in [4.69, 9.17) is 5.26 Å². The van der Waals surface area contributed by atoms with E-state index in [9.17, 15) is 0 Å². The first-order valence-corrected chi connectivity index (χ1v) is 9.61. The van der Waals surface area contributed by atoms with Gasteiger partial charge in [-0.05, 0) is 0 Å². The van der Waals surface area contributed by atoms with Gasteiger partial charge >= 0.3 is 87.0 Å². The molecule has 0 saturated heterocycles. The molecule has 78 valence electrons. The number of hydrogen-bond acceptors (Lipinski definition) is 2. The average molecular weight is 219 g/mol. The van der Waals surface area contributed by atoms with Gasteiger partial charge in [-0.3, -0.25) is 0 Å². The van der Waals surface area contributed by atoms with E-state index in [1.807, 2.05) is 0 Å². The molecule has 0 aromatic heterocycles. The molecule has 1 nitrogen and oxygen atoms in total. The van der Waals surface area contributed by atoms with Crippen molar-refractivity contribution in [2.45, 2.75) is 39.3 Å². The van der Waals surface area contributed by atoms with Crippen LogP contribution in [-0.4, -0.2) is 24.2 Å². The van der Waals surface area contributed by atoms with Gasteiger partial charge in [0.25, 0.3) is 0 Å². The van der Waals surface area contributed by atoms with Crippen LogP contribution in [0, 0.1) is 11.3 Å². The van der Waals surface area contributed by atoms with E-state index in [2.05, 4.69) is 44.9 Å². The Kier molecular flexibility index (Phi) is 6.82. The van der Waals surface area contributed by atoms with Crippen LogP contribution in [0.5, 0.6) is 0 Å². The standard InChI is InChI=1S/C10H22NPS/c1-5-10(3)12(4,6-2)13-9-7-8-11/h10,12H,5-7,9H2,1-4H3. The van der Waals surface area contributed by atoms with E-state index < -0.39 is 6.46 Å². The minimum absolute atomic E-state index is 0.712. The minimum atomic E-state index is -1.10. The van der Waals surface area contributed by atoms with Gasteiger partial charge in [-0.2, -0.15) is 0 Å². The van der Waals surface area contributed by atoms with Crippen LogP contribution >= 0.6 is 17.8 Å². The molecular weight excluding hydrogens is 197 g/mol. The number of rotatable bonds is 6. The van der Waals surface area contributed by atoms with Crippen LogP contribution in [0.25, 0.3) is 0 Å². The molecule has 0 radical (unpaired) electrons. The average Bonchev–Trinajstić information content (AvgIpc) is 2.16. The molecule has 0 aromatic rings. The van der Waals surface area contributed by atoms with Gasteiger partial charge in [0, 0.05) is 0 Å². The molecule has 0 aliphatic heterocycles. The molecule has 13 heavy (non-hydrogen) atoms. The normalized spacial score (nSPS) is 15.0. The van der Waals surface area contributed by atoms with E-state index in [1.54, 1.807) is 0 Å². The second kappa shape index (κ2) is 6.68. The van der Waals surface area contributed by atoms with Gasteiger partial charge in [-0.15, -0.1) is 0 Å². The Hall–Kier alpha value is 0.270. The molecule has 0 aromatic carbocycles. The molecule has 0 saturated carbocycles. The van der Waals surface area contributed by atoms with Crippen LogP contribution in [0.3, 0.4) is 0 Å². The van der Waals surface area contributed by atoms with Gasteiger partial charge in [0.2, 0.25) is 0 Å². The van der Waals surface area contributed by atoms with E-state index in [0.29, 0.717) is 6.42 Å². The van der Waals surface area contributed by atoms with Crippen molar-refractivity contribution in [1.29, 1.82) is 5.26 Å². The fourth-order valence-corrected chi connectivity index (χ4v) is 7.73. The summed E-state index contributed by atoms with van der Waals surface area (Å²) in [5, 5.41) is 8.48. The van der Waals surface area contributed by atoms with E-state index in [0.717, 1.165) is 11.4 Å². The third kappa shape index (κ3) is 4.34. The van der Waals surface area contributed by atoms with Crippen LogP contribution in [0.1, 0.15) is 33.6 Å². The molecular formula is C10H22NPS. The zero-order valence-electron chi connectivity index (χ0n) is 9.26. The van der Waals surface area contributed by atoms with Gasteiger partial charge in [0.15, 0.2) is 0 Å². The predicted octanol–water partition coefficient (Wildman–Crippen LogP) is 3.75. The van der Waals surface area contributed by atoms with Crippen molar-refractivity contribution in [1.82, 2.24) is 0 Å². The van der Waals surface area contributed by atoms with Crippen molar-refractivity contribution in [2.24, 2.45) is 0 Å². The summed E-state index contributed by atoms with van der Waals surface area (Å²) < 4.78 is 0. The Balaban J connectivity index is 4.04. The monoisotopic (exact) mass is 219 g/mol. The molecule has 0 rings (SSSR count). The topological polar surface area (TPSA) is 23.8 Å².